The number of allylic oxidation sites excluding steroid dienone is 1. The third kappa shape index (κ3) is 8.88. The molecule has 0 spiro atoms. The summed E-state index contributed by atoms with van der Waals surface area (Å²) in [6.45, 7) is 9.59. The highest BCUT2D eigenvalue weighted by molar-refractivity contribution is 8.00. The summed E-state index contributed by atoms with van der Waals surface area (Å²) in [5.41, 5.74) is 0.652. The lowest BCUT2D eigenvalue weighted by Gasteiger charge is -2.35. The molecule has 2 aromatic rings. The molecule has 2 saturated carbocycles. The van der Waals surface area contributed by atoms with Gasteiger partial charge in [-0.3, -0.25) is 14.3 Å². The number of thioether (sulfide) groups is 1. The van der Waals surface area contributed by atoms with Gasteiger partial charge in [0.2, 0.25) is 15.9 Å². The monoisotopic (exact) mass is 776 g/mol. The van der Waals surface area contributed by atoms with Gasteiger partial charge in [-0.2, -0.15) is 0 Å². The van der Waals surface area contributed by atoms with E-state index in [1.54, 1.807) is 37.4 Å². The molecule has 3 fully saturated rings. The van der Waals surface area contributed by atoms with Gasteiger partial charge < -0.3 is 15.0 Å². The second-order valence-corrected chi connectivity index (χ2v) is 19.2. The number of urea groups is 1. The van der Waals surface area contributed by atoms with Crippen LogP contribution in [-0.4, -0.2) is 83.4 Å². The van der Waals surface area contributed by atoms with E-state index >= 15 is 0 Å². The number of amides is 5. The topological polar surface area (TPSA) is 142 Å². The fourth-order valence-electron chi connectivity index (χ4n) is 7.38. The number of carbonyl (C=O) groups is 4. The average Bonchev–Trinajstić information content (AvgIpc) is 4.06. The number of ether oxygens (including phenoxy) is 1. The van der Waals surface area contributed by atoms with Crippen LogP contribution in [0.3, 0.4) is 0 Å². The van der Waals surface area contributed by atoms with Gasteiger partial charge in [0.05, 0.1) is 10.00 Å². The smallest absolute Gasteiger partial charge is 0.419 e. The van der Waals surface area contributed by atoms with E-state index in [2.05, 4.69) is 65.2 Å². The van der Waals surface area contributed by atoms with Gasteiger partial charge in [0.15, 0.2) is 0 Å². The van der Waals surface area contributed by atoms with Crippen molar-refractivity contribution in [2.75, 3.05) is 18.8 Å². The molecular formula is C41H52N4O7S2. The van der Waals surface area contributed by atoms with Crippen LogP contribution >= 0.6 is 11.8 Å². The van der Waals surface area contributed by atoms with E-state index in [1.807, 2.05) is 18.2 Å². The van der Waals surface area contributed by atoms with Crippen molar-refractivity contribution in [3.05, 3.63) is 85.0 Å². The van der Waals surface area contributed by atoms with Gasteiger partial charge in [0, 0.05) is 24.8 Å². The number of nitrogens with one attached hydrogen (secondary N) is 2. The van der Waals surface area contributed by atoms with Crippen LogP contribution in [0.4, 0.5) is 9.59 Å². The van der Waals surface area contributed by atoms with Crippen LogP contribution in [-0.2, 0) is 29.1 Å². The molecule has 13 heteroatoms. The minimum Gasteiger partial charge on any atom is -0.443 e. The van der Waals surface area contributed by atoms with E-state index in [0.717, 1.165) is 46.6 Å². The van der Waals surface area contributed by atoms with Crippen molar-refractivity contribution in [1.82, 2.24) is 19.8 Å². The van der Waals surface area contributed by atoms with Crippen molar-refractivity contribution in [3.63, 3.8) is 0 Å². The van der Waals surface area contributed by atoms with Crippen molar-refractivity contribution in [2.45, 2.75) is 106 Å². The highest BCUT2D eigenvalue weighted by atomic mass is 32.2. The molecule has 54 heavy (non-hydrogen) atoms. The van der Waals surface area contributed by atoms with Crippen LogP contribution in [0, 0.1) is 5.92 Å². The molecule has 2 bridgehead atoms. The zero-order valence-electron chi connectivity index (χ0n) is 31.4. The number of nitrogens with zero attached hydrogens (tertiary/aromatic N) is 2. The highest BCUT2D eigenvalue weighted by Gasteiger charge is 2.62. The number of sulfonamides is 1. The zero-order valence-corrected chi connectivity index (χ0v) is 33.1. The van der Waals surface area contributed by atoms with E-state index in [-0.39, 0.29) is 18.7 Å². The second-order valence-electron chi connectivity index (χ2n) is 15.9. The minimum absolute atomic E-state index is 0.0947. The first-order valence-corrected chi connectivity index (χ1v) is 21.5. The molecule has 290 valence electrons. The Hall–Kier alpha value is -4.10. The van der Waals surface area contributed by atoms with E-state index < -0.39 is 61.2 Å². The summed E-state index contributed by atoms with van der Waals surface area (Å²) in [5, 5.41) is 2.04. The average molecular weight is 777 g/mol. The van der Waals surface area contributed by atoms with Crippen LogP contribution < -0.4 is 10.0 Å². The van der Waals surface area contributed by atoms with Crippen molar-refractivity contribution < 1.29 is 32.3 Å². The van der Waals surface area contributed by atoms with Crippen LogP contribution in [0.25, 0.3) is 11.1 Å². The Bertz CT molecular complexity index is 1870. The molecule has 11 nitrogen and oxygen atoms in total. The molecular weight excluding hydrogens is 725 g/mol. The highest BCUT2D eigenvalue weighted by Crippen LogP contribution is 2.47. The number of fused-ring (bicyclic) bond motifs is 2. The van der Waals surface area contributed by atoms with Crippen molar-refractivity contribution in [1.29, 1.82) is 0 Å². The lowest BCUT2D eigenvalue weighted by molar-refractivity contribution is -0.135. The molecule has 5 amide bonds. The largest absolute Gasteiger partial charge is 0.443 e. The molecule has 6 rings (SSSR count). The number of rotatable bonds is 8. The Balaban J connectivity index is 1.31. The van der Waals surface area contributed by atoms with Gasteiger partial charge in [-0.25, -0.2) is 22.9 Å². The Labute approximate surface area is 323 Å². The molecule has 2 aromatic carbocycles. The first-order valence-electron chi connectivity index (χ1n) is 18.9. The lowest BCUT2D eigenvalue weighted by Crippen LogP contribution is -2.61. The summed E-state index contributed by atoms with van der Waals surface area (Å²) in [6.07, 6.45) is 9.80. The quantitative estimate of drug-likeness (QED) is 0.276. The number of hydrogen-bond acceptors (Lipinski definition) is 8. The van der Waals surface area contributed by atoms with E-state index in [1.165, 1.54) is 6.08 Å². The van der Waals surface area contributed by atoms with E-state index in [0.29, 0.717) is 38.8 Å². The van der Waals surface area contributed by atoms with E-state index in [9.17, 15) is 27.6 Å². The predicted molar refractivity (Wildman–Crippen MR) is 211 cm³/mol. The summed E-state index contributed by atoms with van der Waals surface area (Å²) in [7, 11) is -3.92. The molecule has 2 aliphatic heterocycles. The maximum atomic E-state index is 14.8. The summed E-state index contributed by atoms with van der Waals surface area (Å²) in [4.78, 5) is 59.4. The normalized spacial score (nSPS) is 26.3. The number of benzene rings is 2. The van der Waals surface area contributed by atoms with Crippen molar-refractivity contribution in [3.8, 4) is 11.1 Å². The van der Waals surface area contributed by atoms with Gasteiger partial charge in [-0.1, -0.05) is 85.7 Å². The first-order chi connectivity index (χ1) is 25.7. The summed E-state index contributed by atoms with van der Waals surface area (Å²) in [5.74, 6) is -1.07. The van der Waals surface area contributed by atoms with Gasteiger partial charge in [0.1, 0.15) is 17.2 Å². The van der Waals surface area contributed by atoms with Crippen LogP contribution in [0.5, 0.6) is 0 Å². The predicted octanol–water partition coefficient (Wildman–Crippen LogP) is 6.90. The zero-order chi connectivity index (χ0) is 38.7. The Kier molecular flexibility index (Phi) is 11.7. The maximum Gasteiger partial charge on any atom is 0.419 e. The Morgan fingerprint density at radius 3 is 2.33 bits per heavy atom. The standard InChI is InChI=1S/C41H52N4O7S2/c1-5-31-27-41(31,36(47)43-54(50,51)33-22-23-33)42-37(48)45(38(49)52-39(2,3)4)34-17-13-8-6-7-9-14-26-53-40(24-25-44(28-40)35(34)46)32-20-18-30(19-21-32)29-15-11-10-12-16-29/h5,9-12,14-16,18-21,31,33-34H,1,6-8,13,17,22-28H2,2-4H3,(H,42,48)(H,43,47)/t31-,34+,40+,41-/m1/s1. The van der Waals surface area contributed by atoms with Crippen LogP contribution in [0.2, 0.25) is 0 Å². The maximum absolute atomic E-state index is 14.8. The SMILES string of the molecule is C=C[C@@H]1C[C@]1(NC(=O)N(C(=O)OC(C)(C)C)[C@H]1CCCCCC=CCS[C@@]2(c3ccc(-c4ccccc4)cc3)CCN(C2)C1=O)C(=O)NS(=O)(=O)C1CC1. The Morgan fingerprint density at radius 1 is 0.981 bits per heavy atom. The van der Waals surface area contributed by atoms with Crippen molar-refractivity contribution >= 4 is 45.7 Å². The Morgan fingerprint density at radius 2 is 1.69 bits per heavy atom. The third-order valence-corrected chi connectivity index (χ3v) is 14.0. The summed E-state index contributed by atoms with van der Waals surface area (Å²) >= 11 is 1.79. The molecule has 2 aliphatic carbocycles. The van der Waals surface area contributed by atoms with Gasteiger partial charge >= 0.3 is 12.1 Å². The third-order valence-electron chi connectivity index (χ3n) is 10.7. The molecule has 0 radical (unpaired) electrons. The molecule has 4 atom stereocenters. The molecule has 0 unspecified atom stereocenters. The van der Waals surface area contributed by atoms with Gasteiger partial charge in [-0.15, -0.1) is 18.3 Å². The second kappa shape index (κ2) is 15.9. The summed E-state index contributed by atoms with van der Waals surface area (Å²) in [6, 6.07) is 16.4. The fraction of sp³-hybridized carbons (Fsp3) is 0.512. The molecule has 2 N–H and O–H groups in total. The number of imide groups is 1. The van der Waals surface area contributed by atoms with Crippen molar-refractivity contribution in [2.24, 2.45) is 5.92 Å². The van der Waals surface area contributed by atoms with Gasteiger partial charge in [0.25, 0.3) is 5.91 Å². The summed E-state index contributed by atoms with van der Waals surface area (Å²) < 4.78 is 33.0. The molecule has 1 saturated heterocycles. The van der Waals surface area contributed by atoms with E-state index in [4.69, 9.17) is 4.74 Å². The molecule has 0 aromatic heterocycles. The minimum atomic E-state index is -3.92. The number of hydrogen-bond donors (Lipinski definition) is 2. The fourth-order valence-corrected chi connectivity index (χ4v) is 10.1. The number of carbonyl (C=O) groups excluding carboxylic acids is 4. The van der Waals surface area contributed by atoms with Crippen LogP contribution in [0.15, 0.2) is 79.4 Å². The van der Waals surface area contributed by atoms with Crippen LogP contribution in [0.1, 0.15) is 84.1 Å². The first kappa shape index (κ1) is 39.6. The lowest BCUT2D eigenvalue weighted by atomic mass is 9.94. The van der Waals surface area contributed by atoms with Gasteiger partial charge in [-0.05, 0) is 82.4 Å². The molecule has 4 aliphatic rings. The molecule has 2 heterocycles.